The van der Waals surface area contributed by atoms with E-state index >= 15 is 0 Å². The fourth-order valence-corrected chi connectivity index (χ4v) is 1.20. The molecule has 6 heteroatoms. The summed E-state index contributed by atoms with van der Waals surface area (Å²) in [6, 6.07) is 3.44. The van der Waals surface area contributed by atoms with E-state index in [1.807, 2.05) is 6.92 Å². The fourth-order valence-electron chi connectivity index (χ4n) is 1.06. The van der Waals surface area contributed by atoms with E-state index in [1.165, 1.54) is 0 Å². The molecule has 0 aliphatic carbocycles. The van der Waals surface area contributed by atoms with Crippen LogP contribution in [0.1, 0.15) is 12.0 Å². The number of carbonyl (C=O) groups is 2. The summed E-state index contributed by atoms with van der Waals surface area (Å²) >= 11 is 5.45. The van der Waals surface area contributed by atoms with Crippen molar-refractivity contribution in [3.63, 3.8) is 0 Å². The van der Waals surface area contributed by atoms with Crippen molar-refractivity contribution in [1.82, 2.24) is 10.3 Å². The van der Waals surface area contributed by atoms with E-state index < -0.39 is 11.8 Å². The molecule has 0 aromatic carbocycles. The van der Waals surface area contributed by atoms with E-state index in [1.54, 1.807) is 18.3 Å². The molecule has 0 atom stereocenters. The van der Waals surface area contributed by atoms with Gasteiger partial charge in [-0.2, -0.15) is 0 Å². The van der Waals surface area contributed by atoms with Crippen molar-refractivity contribution >= 4 is 29.2 Å². The lowest BCUT2D eigenvalue weighted by molar-refractivity contribution is -0.136. The van der Waals surface area contributed by atoms with Crippen molar-refractivity contribution in [3.8, 4) is 0 Å². The molecule has 0 spiro atoms. The van der Waals surface area contributed by atoms with Crippen molar-refractivity contribution in [1.29, 1.82) is 0 Å². The zero-order valence-corrected chi connectivity index (χ0v) is 10.3. The predicted molar refractivity (Wildman–Crippen MR) is 66.0 cm³/mol. The van der Waals surface area contributed by atoms with Gasteiger partial charge in [-0.05, 0) is 25.0 Å². The monoisotopic (exact) mass is 255 g/mol. The summed E-state index contributed by atoms with van der Waals surface area (Å²) in [4.78, 5) is 26.7. The molecule has 0 bridgehead atoms. The topological polar surface area (TPSA) is 71.1 Å². The number of hydrogen-bond acceptors (Lipinski definition) is 3. The van der Waals surface area contributed by atoms with Crippen molar-refractivity contribution in [2.75, 3.05) is 17.7 Å². The summed E-state index contributed by atoms with van der Waals surface area (Å²) in [5.74, 6) is -0.608. The number of rotatable bonds is 4. The van der Waals surface area contributed by atoms with Crippen LogP contribution in [0.4, 0.5) is 5.82 Å². The summed E-state index contributed by atoms with van der Waals surface area (Å²) in [5.41, 5.74) is 0.981. The predicted octanol–water partition coefficient (Wildman–Crippen LogP) is 1.07. The third kappa shape index (κ3) is 4.82. The molecule has 0 unspecified atom stereocenters. The summed E-state index contributed by atoms with van der Waals surface area (Å²) in [6.45, 7) is 2.27. The van der Waals surface area contributed by atoms with Gasteiger partial charge in [0.25, 0.3) is 0 Å². The van der Waals surface area contributed by atoms with Gasteiger partial charge < -0.3 is 10.6 Å². The van der Waals surface area contributed by atoms with Crippen LogP contribution in [0.15, 0.2) is 18.3 Å². The van der Waals surface area contributed by atoms with Gasteiger partial charge in [-0.1, -0.05) is 6.07 Å². The minimum absolute atomic E-state index is 0.355. The summed E-state index contributed by atoms with van der Waals surface area (Å²) in [6.07, 6.45) is 2.24. The molecular weight excluding hydrogens is 242 g/mol. The summed E-state index contributed by atoms with van der Waals surface area (Å²) in [7, 11) is 0. The average molecular weight is 256 g/mol. The zero-order valence-electron chi connectivity index (χ0n) is 9.50. The molecule has 0 saturated heterocycles. The second-order valence-corrected chi connectivity index (χ2v) is 3.85. The Hall–Kier alpha value is -1.62. The Morgan fingerprint density at radius 2 is 2.12 bits per heavy atom. The molecule has 92 valence electrons. The van der Waals surface area contributed by atoms with Crippen LogP contribution in [0.2, 0.25) is 0 Å². The quantitative estimate of drug-likeness (QED) is 0.480. The highest BCUT2D eigenvalue weighted by Crippen LogP contribution is 2.03. The third-order valence-corrected chi connectivity index (χ3v) is 2.22. The highest BCUT2D eigenvalue weighted by molar-refractivity contribution is 6.39. The van der Waals surface area contributed by atoms with Crippen LogP contribution in [0.5, 0.6) is 0 Å². The zero-order chi connectivity index (χ0) is 12.7. The minimum Gasteiger partial charge on any atom is -0.348 e. The van der Waals surface area contributed by atoms with Gasteiger partial charge in [0.2, 0.25) is 0 Å². The van der Waals surface area contributed by atoms with Gasteiger partial charge in [-0.15, -0.1) is 11.6 Å². The van der Waals surface area contributed by atoms with Gasteiger partial charge in [0.1, 0.15) is 5.82 Å². The summed E-state index contributed by atoms with van der Waals surface area (Å²) in [5, 5.41) is 4.85. The van der Waals surface area contributed by atoms with E-state index in [-0.39, 0.29) is 0 Å². The molecule has 1 rings (SSSR count). The number of alkyl halides is 1. The number of anilines is 1. The number of pyridine rings is 1. The number of carbonyl (C=O) groups excluding carboxylic acids is 2. The van der Waals surface area contributed by atoms with Crippen molar-refractivity contribution in [2.24, 2.45) is 0 Å². The van der Waals surface area contributed by atoms with E-state index in [4.69, 9.17) is 11.6 Å². The molecule has 0 aliphatic heterocycles. The van der Waals surface area contributed by atoms with Crippen LogP contribution in [-0.4, -0.2) is 29.2 Å². The van der Waals surface area contributed by atoms with Crippen LogP contribution in [-0.2, 0) is 9.59 Å². The Morgan fingerprint density at radius 1 is 1.35 bits per heavy atom. The van der Waals surface area contributed by atoms with Crippen molar-refractivity contribution in [3.05, 3.63) is 23.9 Å². The SMILES string of the molecule is Cc1ccc(NC(=O)C(=O)NCCCCl)nc1. The maximum atomic E-state index is 11.4. The van der Waals surface area contributed by atoms with Crippen molar-refractivity contribution < 1.29 is 9.59 Å². The number of aromatic nitrogens is 1. The Morgan fingerprint density at radius 3 is 2.71 bits per heavy atom. The lowest BCUT2D eigenvalue weighted by Crippen LogP contribution is -2.36. The molecule has 0 aliphatic rings. The molecule has 0 saturated carbocycles. The van der Waals surface area contributed by atoms with Gasteiger partial charge in [0, 0.05) is 18.6 Å². The number of halogens is 1. The summed E-state index contributed by atoms with van der Waals surface area (Å²) < 4.78 is 0. The van der Waals surface area contributed by atoms with Gasteiger partial charge in [-0.3, -0.25) is 9.59 Å². The molecule has 1 heterocycles. The Balaban J connectivity index is 2.43. The second-order valence-electron chi connectivity index (χ2n) is 3.47. The van der Waals surface area contributed by atoms with Crippen LogP contribution in [0.25, 0.3) is 0 Å². The molecular formula is C11H14ClN3O2. The van der Waals surface area contributed by atoms with E-state index in [2.05, 4.69) is 15.6 Å². The first-order chi connectivity index (χ1) is 8.13. The van der Waals surface area contributed by atoms with Crippen LogP contribution >= 0.6 is 11.6 Å². The Kier molecular flexibility index (Phi) is 5.42. The maximum absolute atomic E-state index is 11.4. The maximum Gasteiger partial charge on any atom is 0.314 e. The lowest BCUT2D eigenvalue weighted by atomic mass is 10.3. The second kappa shape index (κ2) is 6.85. The van der Waals surface area contributed by atoms with Gasteiger partial charge in [-0.25, -0.2) is 4.98 Å². The first-order valence-corrected chi connectivity index (χ1v) is 5.74. The number of amides is 2. The number of aryl methyl sites for hydroxylation is 1. The third-order valence-electron chi connectivity index (χ3n) is 1.96. The van der Waals surface area contributed by atoms with E-state index in [0.717, 1.165) is 5.56 Å². The average Bonchev–Trinajstić information content (AvgIpc) is 2.32. The van der Waals surface area contributed by atoms with Gasteiger partial charge in [0.05, 0.1) is 0 Å². The standard InChI is InChI=1S/C11H14ClN3O2/c1-8-3-4-9(14-7-8)15-11(17)10(16)13-6-2-5-12/h3-4,7H,2,5-6H2,1H3,(H,13,16)(H,14,15,17). The highest BCUT2D eigenvalue weighted by atomic mass is 35.5. The minimum atomic E-state index is -0.726. The molecule has 1 aromatic rings. The lowest BCUT2D eigenvalue weighted by Gasteiger charge is -2.05. The molecule has 0 radical (unpaired) electrons. The van der Waals surface area contributed by atoms with Gasteiger partial charge in [0.15, 0.2) is 0 Å². The molecule has 17 heavy (non-hydrogen) atoms. The fraction of sp³-hybridized carbons (Fsp3) is 0.364. The molecule has 5 nitrogen and oxygen atoms in total. The highest BCUT2D eigenvalue weighted by Gasteiger charge is 2.12. The molecule has 2 N–H and O–H groups in total. The number of nitrogens with zero attached hydrogens (tertiary/aromatic N) is 1. The number of hydrogen-bond donors (Lipinski definition) is 2. The van der Waals surface area contributed by atoms with E-state index in [9.17, 15) is 9.59 Å². The molecule has 1 aromatic heterocycles. The normalized spacial score (nSPS) is 9.76. The first-order valence-electron chi connectivity index (χ1n) is 5.21. The van der Waals surface area contributed by atoms with Crippen LogP contribution in [0, 0.1) is 6.92 Å². The smallest absolute Gasteiger partial charge is 0.314 e. The Labute approximate surface area is 105 Å². The molecule has 0 fully saturated rings. The van der Waals surface area contributed by atoms with Crippen LogP contribution < -0.4 is 10.6 Å². The number of nitrogens with one attached hydrogen (secondary N) is 2. The van der Waals surface area contributed by atoms with Crippen molar-refractivity contribution in [2.45, 2.75) is 13.3 Å². The van der Waals surface area contributed by atoms with Crippen LogP contribution in [0.3, 0.4) is 0 Å². The molecule has 2 amide bonds. The Bertz CT molecular complexity index is 392. The van der Waals surface area contributed by atoms with Gasteiger partial charge >= 0.3 is 11.8 Å². The van der Waals surface area contributed by atoms with E-state index in [0.29, 0.717) is 24.7 Å². The largest absolute Gasteiger partial charge is 0.348 e. The first kappa shape index (κ1) is 13.4.